The first kappa shape index (κ1) is 8.67. The van der Waals surface area contributed by atoms with Gasteiger partial charge in [-0.15, -0.1) is 0 Å². The van der Waals surface area contributed by atoms with Crippen molar-refractivity contribution in [3.8, 4) is 0 Å². The molecule has 1 heterocycles. The summed E-state index contributed by atoms with van der Waals surface area (Å²) in [6.45, 7) is 0. The van der Waals surface area contributed by atoms with Crippen molar-refractivity contribution in [2.24, 2.45) is 0 Å². The van der Waals surface area contributed by atoms with E-state index in [0.717, 1.165) is 4.59 Å². The topological polar surface area (TPSA) is 12.9 Å². The van der Waals surface area contributed by atoms with Crippen LogP contribution in [-0.2, 0) is 0 Å². The van der Waals surface area contributed by atoms with Crippen LogP contribution in [0.25, 0.3) is 0 Å². The number of rotatable bonds is 0. The van der Waals surface area contributed by atoms with Gasteiger partial charge in [0.15, 0.2) is 0 Å². The summed E-state index contributed by atoms with van der Waals surface area (Å²) in [7, 11) is 0. The molecule has 0 radical (unpaired) electrons. The van der Waals surface area contributed by atoms with Crippen LogP contribution >= 0.6 is 0 Å². The number of hydrogen-bond acceptors (Lipinski definition) is 1. The molecule has 0 saturated carbocycles. The monoisotopic (exact) mass is 181 g/mol. The van der Waals surface area contributed by atoms with Crippen molar-refractivity contribution in [3.63, 3.8) is 0 Å². The molecule has 0 spiro atoms. The molecule has 0 amide bonds. The first-order chi connectivity index (χ1) is 3.39. The third-order valence-corrected chi connectivity index (χ3v) is 1.14. The summed E-state index contributed by atoms with van der Waals surface area (Å²) in [5, 5.41) is 0. The third-order valence-electron chi connectivity index (χ3n) is 0.638. The molecule has 0 aliphatic rings. The Morgan fingerprint density at radius 2 is 2.12 bits per heavy atom. The molecule has 0 N–H and O–H groups in total. The van der Waals surface area contributed by atoms with Gasteiger partial charge in [0.25, 0.3) is 0 Å². The summed E-state index contributed by atoms with van der Waals surface area (Å²) in [6, 6.07) is 5.75. The first-order valence-electron chi connectivity index (χ1n) is 1.97. The van der Waals surface area contributed by atoms with E-state index in [1.807, 2.05) is 18.2 Å². The quantitative estimate of drug-likeness (QED) is 0.385. The zero-order chi connectivity index (χ0) is 5.11. The molecule has 0 atom stereocenters. The average molecular weight is 180 g/mol. The van der Waals surface area contributed by atoms with Crippen LogP contribution in [0.1, 0.15) is 0 Å². The van der Waals surface area contributed by atoms with E-state index in [4.69, 9.17) is 0 Å². The van der Waals surface area contributed by atoms with Crippen LogP contribution in [0.15, 0.2) is 24.4 Å². The second-order valence-electron chi connectivity index (χ2n) is 1.17. The van der Waals surface area contributed by atoms with Crippen molar-refractivity contribution >= 4 is 20.6 Å². The van der Waals surface area contributed by atoms with Gasteiger partial charge in [0, 0.05) is 0 Å². The molecule has 8 heavy (non-hydrogen) atoms. The molecule has 1 nitrogen and oxygen atoms in total. The van der Waals surface area contributed by atoms with Crippen molar-refractivity contribution in [1.82, 2.24) is 4.98 Å². The molecule has 0 aliphatic heterocycles. The van der Waals surface area contributed by atoms with E-state index in [1.165, 1.54) is 0 Å². The maximum atomic E-state index is 3.92. The second kappa shape index (κ2) is 4.54. The zero-order valence-corrected chi connectivity index (χ0v) is 8.38. The van der Waals surface area contributed by atoms with Gasteiger partial charge in [-0.05, 0) is 0 Å². The predicted molar refractivity (Wildman–Crippen MR) is 29.6 cm³/mol. The van der Waals surface area contributed by atoms with Crippen LogP contribution in [-0.4, -0.2) is 21.0 Å². The second-order valence-corrected chi connectivity index (χ2v) is 2.05. The average Bonchev–Trinajstić information content (AvgIpc) is 1.69. The zero-order valence-electron chi connectivity index (χ0n) is 4.66. The Kier molecular flexibility index (Phi) is 4.92. The Balaban J connectivity index is 0.000000490. The standard InChI is InChI=1S/C5H5NSe.Na/c7-5-3-1-2-4-6-5;/h1-4H,(H,6,7);/q;+1/p-1. The first-order valence-corrected chi connectivity index (χ1v) is 2.83. The fourth-order valence-electron chi connectivity index (χ4n) is 0.347. The Bertz CT molecular complexity index is 142. The molecule has 1 aromatic heterocycles. The van der Waals surface area contributed by atoms with Gasteiger partial charge < -0.3 is 0 Å². The fourth-order valence-corrected chi connectivity index (χ4v) is 0.640. The molecular formula is C5H4NNaSe. The van der Waals surface area contributed by atoms with Crippen LogP contribution in [0, 0.1) is 0 Å². The summed E-state index contributed by atoms with van der Waals surface area (Å²) in [5.74, 6) is 0. The number of pyridine rings is 1. The van der Waals surface area contributed by atoms with Gasteiger partial charge in [-0.1, -0.05) is 0 Å². The van der Waals surface area contributed by atoms with E-state index < -0.39 is 0 Å². The van der Waals surface area contributed by atoms with Gasteiger partial charge >= 0.3 is 79.5 Å². The molecule has 3 heteroatoms. The summed E-state index contributed by atoms with van der Waals surface area (Å²) in [5.41, 5.74) is 0. The number of aromatic nitrogens is 1. The molecular weight excluding hydrogens is 176 g/mol. The maximum absolute atomic E-state index is 3.92. The SMILES string of the molecule is [Na+].[Se-]c1ccccn1. The van der Waals surface area contributed by atoms with Crippen molar-refractivity contribution in [1.29, 1.82) is 0 Å². The van der Waals surface area contributed by atoms with Crippen molar-refractivity contribution in [2.45, 2.75) is 0 Å². The molecule has 0 fully saturated rings. The van der Waals surface area contributed by atoms with Gasteiger partial charge in [0.2, 0.25) is 0 Å². The Labute approximate surface area is 79.0 Å². The van der Waals surface area contributed by atoms with Gasteiger partial charge in [-0.2, -0.15) is 0 Å². The minimum absolute atomic E-state index is 0. The molecule has 0 unspecified atom stereocenters. The van der Waals surface area contributed by atoms with E-state index >= 15 is 0 Å². The Morgan fingerprint density at radius 3 is 2.38 bits per heavy atom. The van der Waals surface area contributed by atoms with Crippen LogP contribution in [0.4, 0.5) is 0 Å². The van der Waals surface area contributed by atoms with Crippen LogP contribution in [0.5, 0.6) is 0 Å². The molecule has 0 bridgehead atoms. The van der Waals surface area contributed by atoms with E-state index in [0.29, 0.717) is 0 Å². The number of nitrogens with zero attached hydrogens (tertiary/aromatic N) is 1. The molecule has 0 aromatic carbocycles. The van der Waals surface area contributed by atoms with E-state index in [2.05, 4.69) is 21.0 Å². The predicted octanol–water partition coefficient (Wildman–Crippen LogP) is -3.12. The van der Waals surface area contributed by atoms with E-state index in [1.54, 1.807) is 6.20 Å². The minimum atomic E-state index is 0. The van der Waals surface area contributed by atoms with Gasteiger partial charge in [0.05, 0.1) is 0 Å². The van der Waals surface area contributed by atoms with E-state index in [-0.39, 0.29) is 29.6 Å². The summed E-state index contributed by atoms with van der Waals surface area (Å²) in [6.07, 6.45) is 1.76. The van der Waals surface area contributed by atoms with Crippen LogP contribution in [0.3, 0.4) is 0 Å². The third kappa shape index (κ3) is 2.85. The van der Waals surface area contributed by atoms with Crippen molar-refractivity contribution in [3.05, 3.63) is 24.4 Å². The van der Waals surface area contributed by atoms with Gasteiger partial charge in [-0.25, -0.2) is 0 Å². The van der Waals surface area contributed by atoms with Crippen molar-refractivity contribution in [2.75, 3.05) is 0 Å². The summed E-state index contributed by atoms with van der Waals surface area (Å²) < 4.78 is 0.947. The van der Waals surface area contributed by atoms with E-state index in [9.17, 15) is 0 Å². The van der Waals surface area contributed by atoms with Crippen LogP contribution < -0.4 is 34.1 Å². The fraction of sp³-hybridized carbons (Fsp3) is 0. The molecule has 1 aromatic rings. The van der Waals surface area contributed by atoms with Gasteiger partial charge in [0.1, 0.15) is 0 Å². The summed E-state index contributed by atoms with van der Waals surface area (Å²) >= 11 is 2.79. The Hall–Kier alpha value is 0.669. The Morgan fingerprint density at radius 1 is 1.38 bits per heavy atom. The molecule has 0 saturated heterocycles. The molecule has 1 rings (SSSR count). The summed E-state index contributed by atoms with van der Waals surface area (Å²) in [4.78, 5) is 3.92. The van der Waals surface area contributed by atoms with Crippen molar-refractivity contribution < 1.29 is 29.6 Å². The molecule has 36 valence electrons. The number of hydrogen-bond donors (Lipinski definition) is 0. The van der Waals surface area contributed by atoms with Gasteiger partial charge in [-0.3, -0.25) is 0 Å². The normalized spacial score (nSPS) is 7.50. The molecule has 0 aliphatic carbocycles. The van der Waals surface area contributed by atoms with Crippen LogP contribution in [0.2, 0.25) is 0 Å².